The topological polar surface area (TPSA) is 142 Å². The average molecular weight is 449 g/mol. The minimum absolute atomic E-state index is 0.00278. The molecule has 168 valence electrons. The summed E-state index contributed by atoms with van der Waals surface area (Å²) in [5.41, 5.74) is -0.728. The Labute approximate surface area is 186 Å². The molecule has 0 bridgehead atoms. The second-order valence-electron chi connectivity index (χ2n) is 8.34. The van der Waals surface area contributed by atoms with Crippen LogP contribution in [-0.4, -0.2) is 31.3 Å². The van der Waals surface area contributed by atoms with Crippen molar-refractivity contribution >= 4 is 28.3 Å². The van der Waals surface area contributed by atoms with Crippen LogP contribution in [-0.2, 0) is 26.5 Å². The fourth-order valence-electron chi connectivity index (χ4n) is 4.79. The number of hydrogen-bond donors (Lipinski definition) is 1. The number of rotatable bonds is 4. The van der Waals surface area contributed by atoms with E-state index in [1.807, 2.05) is 0 Å². The number of ether oxygens (including phenoxy) is 1. The van der Waals surface area contributed by atoms with Crippen molar-refractivity contribution < 1.29 is 24.4 Å². The number of ketones is 1. The highest BCUT2D eigenvalue weighted by atomic mass is 16.6. The van der Waals surface area contributed by atoms with E-state index < -0.39 is 28.1 Å². The summed E-state index contributed by atoms with van der Waals surface area (Å²) in [6.07, 6.45) is -0.0207. The van der Waals surface area contributed by atoms with Gasteiger partial charge in [-0.3, -0.25) is 24.3 Å². The smallest absolute Gasteiger partial charge is 0.343 e. The van der Waals surface area contributed by atoms with Crippen LogP contribution in [0.25, 0.3) is 22.3 Å². The second-order valence-corrected chi connectivity index (χ2v) is 8.34. The number of esters is 1. The lowest BCUT2D eigenvalue weighted by atomic mass is 9.86. The van der Waals surface area contributed by atoms with Crippen LogP contribution in [0.3, 0.4) is 0 Å². The Morgan fingerprint density at radius 1 is 1.36 bits per heavy atom. The van der Waals surface area contributed by atoms with Gasteiger partial charge in [0.25, 0.3) is 11.2 Å². The van der Waals surface area contributed by atoms with E-state index in [0.717, 1.165) is 0 Å². The predicted molar refractivity (Wildman–Crippen MR) is 116 cm³/mol. The summed E-state index contributed by atoms with van der Waals surface area (Å²) in [4.78, 5) is 53.7. The van der Waals surface area contributed by atoms with Gasteiger partial charge in [-0.15, -0.1) is 0 Å². The molecule has 0 aliphatic carbocycles. The summed E-state index contributed by atoms with van der Waals surface area (Å²) in [6.45, 7) is 2.72. The highest BCUT2D eigenvalue weighted by molar-refractivity contribution is 5.92. The number of benzene rings is 1. The molecule has 2 atom stereocenters. The highest BCUT2D eigenvalue weighted by Crippen LogP contribution is 2.44. The van der Waals surface area contributed by atoms with Gasteiger partial charge in [0.1, 0.15) is 12.4 Å². The normalized spacial score (nSPS) is 20.7. The third-order valence-electron chi connectivity index (χ3n) is 6.44. The maximum Gasteiger partial charge on any atom is 0.343 e. The van der Waals surface area contributed by atoms with Crippen molar-refractivity contribution in [2.45, 2.75) is 44.9 Å². The Morgan fingerprint density at radius 2 is 2.12 bits per heavy atom. The molecule has 4 heterocycles. The van der Waals surface area contributed by atoms with Crippen LogP contribution in [0.1, 0.15) is 49.4 Å². The molecule has 1 aromatic carbocycles. The molecule has 0 fully saturated rings. The van der Waals surface area contributed by atoms with Crippen LogP contribution < -0.4 is 5.56 Å². The number of cyclic esters (lactones) is 1. The molecule has 33 heavy (non-hydrogen) atoms. The van der Waals surface area contributed by atoms with Crippen molar-refractivity contribution in [1.82, 2.24) is 9.55 Å². The zero-order chi connectivity index (χ0) is 23.7. The van der Waals surface area contributed by atoms with Crippen LogP contribution in [0.4, 0.5) is 5.69 Å². The first-order valence-corrected chi connectivity index (χ1v) is 10.4. The summed E-state index contributed by atoms with van der Waals surface area (Å²) < 4.78 is 6.50. The number of carbonyl (C=O) groups excluding carboxylic acids is 2. The van der Waals surface area contributed by atoms with Gasteiger partial charge in [0, 0.05) is 23.6 Å². The van der Waals surface area contributed by atoms with Gasteiger partial charge in [-0.05, 0) is 31.5 Å². The number of nitro benzene ring substituents is 1. The van der Waals surface area contributed by atoms with Crippen LogP contribution >= 0.6 is 0 Å². The number of hydrogen-bond acceptors (Lipinski definition) is 8. The Balaban J connectivity index is 1.86. The molecule has 1 N–H and O–H groups in total. The predicted octanol–water partition coefficient (Wildman–Crippen LogP) is 2.51. The number of nitro groups is 1. The van der Waals surface area contributed by atoms with E-state index in [1.165, 1.54) is 23.6 Å². The second kappa shape index (κ2) is 7.04. The molecule has 10 nitrogen and oxygen atoms in total. The lowest BCUT2D eigenvalue weighted by molar-refractivity contribution is -0.383. The Morgan fingerprint density at radius 3 is 2.79 bits per heavy atom. The summed E-state index contributed by atoms with van der Waals surface area (Å²) in [5, 5.41) is 22.9. The van der Waals surface area contributed by atoms with Crippen LogP contribution in [0.2, 0.25) is 0 Å². The number of non-ortho nitro benzene ring substituents is 1. The van der Waals surface area contributed by atoms with Gasteiger partial charge in [-0.1, -0.05) is 13.0 Å². The number of aromatic nitrogens is 2. The molecular formula is C23H19N3O7. The first-order chi connectivity index (χ1) is 15.7. The molecule has 2 aromatic heterocycles. The third kappa shape index (κ3) is 2.83. The van der Waals surface area contributed by atoms with Gasteiger partial charge in [0.15, 0.2) is 5.60 Å². The number of carbonyl (C=O) groups is 2. The van der Waals surface area contributed by atoms with Crippen molar-refractivity contribution in [3.63, 3.8) is 0 Å². The lowest BCUT2D eigenvalue weighted by Crippen LogP contribution is -2.44. The zero-order valence-electron chi connectivity index (χ0n) is 17.8. The first-order valence-electron chi connectivity index (χ1n) is 10.4. The van der Waals surface area contributed by atoms with E-state index in [-0.39, 0.29) is 42.0 Å². The van der Waals surface area contributed by atoms with Gasteiger partial charge in [0.05, 0.1) is 38.8 Å². The van der Waals surface area contributed by atoms with Crippen molar-refractivity contribution in [2.75, 3.05) is 0 Å². The molecule has 0 amide bonds. The van der Waals surface area contributed by atoms with E-state index >= 15 is 0 Å². The largest absolute Gasteiger partial charge is 0.458 e. The standard InChI is InChI=1S/C23H19N3O7/c1-3-23(30)15-9-19-20-13(8-12-16(24-20)5-4-6-17(12)26(31)32)18(7-11(2)27)25(19)21(28)14(15)10-33-22(23)29/h4-6,8-9,18,30H,3,7,10H2,1-2H3/t18?,23-/m0/s1. The summed E-state index contributed by atoms with van der Waals surface area (Å²) in [5.74, 6) is -1.01. The molecule has 0 saturated heterocycles. The molecule has 0 radical (unpaired) electrons. The van der Waals surface area contributed by atoms with Crippen molar-refractivity contribution in [3.05, 3.63) is 67.5 Å². The number of fused-ring (bicyclic) bond motifs is 5. The van der Waals surface area contributed by atoms with Gasteiger partial charge in [-0.25, -0.2) is 9.78 Å². The Kier molecular flexibility index (Phi) is 4.47. The molecule has 10 heteroatoms. The van der Waals surface area contributed by atoms with Crippen LogP contribution in [0, 0.1) is 10.1 Å². The van der Waals surface area contributed by atoms with Crippen molar-refractivity contribution in [1.29, 1.82) is 0 Å². The maximum atomic E-state index is 13.6. The zero-order valence-corrected chi connectivity index (χ0v) is 17.8. The molecular weight excluding hydrogens is 430 g/mol. The van der Waals surface area contributed by atoms with E-state index in [4.69, 9.17) is 4.74 Å². The lowest BCUT2D eigenvalue weighted by Gasteiger charge is -2.32. The Bertz CT molecular complexity index is 1460. The van der Waals surface area contributed by atoms with E-state index in [0.29, 0.717) is 27.9 Å². The van der Waals surface area contributed by atoms with Crippen molar-refractivity contribution in [2.24, 2.45) is 0 Å². The average Bonchev–Trinajstić information content (AvgIpc) is 3.07. The van der Waals surface area contributed by atoms with Crippen LogP contribution in [0.5, 0.6) is 0 Å². The van der Waals surface area contributed by atoms with Gasteiger partial charge >= 0.3 is 5.97 Å². The number of aliphatic hydroxyl groups is 1. The molecule has 2 aliphatic rings. The SMILES string of the molecule is CC[C@@]1(O)C(=O)OCc2c1cc1n(c2=O)C(CC(C)=O)c2cc3c([N+](=O)[O-])cccc3nc2-1. The van der Waals surface area contributed by atoms with Gasteiger partial charge in [-0.2, -0.15) is 0 Å². The molecule has 0 spiro atoms. The molecule has 0 saturated carbocycles. The summed E-state index contributed by atoms with van der Waals surface area (Å²) in [6, 6.07) is 6.94. The minimum atomic E-state index is -1.98. The van der Waals surface area contributed by atoms with Crippen molar-refractivity contribution in [3.8, 4) is 11.4 Å². The summed E-state index contributed by atoms with van der Waals surface area (Å²) in [7, 11) is 0. The molecule has 5 rings (SSSR count). The highest BCUT2D eigenvalue weighted by Gasteiger charge is 2.46. The number of Topliss-reactive ketones (excluding diaryl/α,β-unsaturated/α-hetero) is 1. The molecule has 1 unspecified atom stereocenters. The monoisotopic (exact) mass is 449 g/mol. The number of nitrogens with zero attached hydrogens (tertiary/aromatic N) is 3. The Hall–Kier alpha value is -3.92. The summed E-state index contributed by atoms with van der Waals surface area (Å²) >= 11 is 0. The fourth-order valence-corrected chi connectivity index (χ4v) is 4.79. The third-order valence-corrected chi connectivity index (χ3v) is 6.44. The molecule has 3 aromatic rings. The fraction of sp³-hybridized carbons (Fsp3) is 0.304. The molecule has 2 aliphatic heterocycles. The van der Waals surface area contributed by atoms with E-state index in [9.17, 15) is 29.6 Å². The quantitative estimate of drug-likeness (QED) is 0.364. The minimum Gasteiger partial charge on any atom is -0.458 e. The van der Waals surface area contributed by atoms with Gasteiger partial charge < -0.3 is 9.84 Å². The van der Waals surface area contributed by atoms with E-state index in [2.05, 4.69) is 4.98 Å². The van der Waals surface area contributed by atoms with Gasteiger partial charge in [0.2, 0.25) is 0 Å². The van der Waals surface area contributed by atoms with E-state index in [1.54, 1.807) is 25.1 Å². The number of pyridine rings is 2. The maximum absolute atomic E-state index is 13.6. The van der Waals surface area contributed by atoms with Crippen LogP contribution in [0.15, 0.2) is 35.1 Å². The first kappa shape index (κ1) is 21.0.